The van der Waals surface area contributed by atoms with Gasteiger partial charge >= 0.3 is 0 Å². The molecule has 0 aliphatic carbocycles. The molecule has 1 unspecified atom stereocenters. The van der Waals surface area contributed by atoms with Crippen molar-refractivity contribution >= 4 is 56.6 Å². The summed E-state index contributed by atoms with van der Waals surface area (Å²) in [6, 6.07) is 14.4. The molecule has 2 N–H and O–H groups in total. The van der Waals surface area contributed by atoms with Gasteiger partial charge in [-0.15, -0.1) is 11.8 Å². The van der Waals surface area contributed by atoms with Gasteiger partial charge in [0.25, 0.3) is 0 Å². The zero-order valence-electron chi connectivity index (χ0n) is 19.4. The minimum Gasteiger partial charge on any atom is -0.457 e. The van der Waals surface area contributed by atoms with E-state index in [1.54, 1.807) is 49.5 Å². The van der Waals surface area contributed by atoms with Gasteiger partial charge in [0.2, 0.25) is 0 Å². The van der Waals surface area contributed by atoms with Crippen molar-refractivity contribution in [3.8, 4) is 11.5 Å². The number of H-pyrrole nitrogens is 1. The number of ketones is 1. The van der Waals surface area contributed by atoms with E-state index in [1.807, 2.05) is 43.5 Å². The van der Waals surface area contributed by atoms with Crippen LogP contribution in [0.15, 0.2) is 65.9 Å². The number of aromatic nitrogens is 2. The molecule has 1 atom stereocenters. The standard InChI is InChI=1S/C26H23ClN4O3S/c1-26(14-33-2)25(35-3)30-20-13-29-24-21(22(20)31-26)18(12-28-24)23(32)17-10-9-16(11-19(17)27)34-15-7-5-4-6-8-15/h4-13,31H,14H2,1-3H3,(H,28,29). The molecule has 0 amide bonds. The number of aromatic amines is 1. The van der Waals surface area contributed by atoms with E-state index in [2.05, 4.69) is 15.3 Å². The van der Waals surface area contributed by atoms with E-state index in [4.69, 9.17) is 26.1 Å². The number of thioether (sulfide) groups is 1. The zero-order chi connectivity index (χ0) is 24.6. The molecule has 0 radical (unpaired) electrons. The molecule has 4 aromatic rings. The topological polar surface area (TPSA) is 88.6 Å². The van der Waals surface area contributed by atoms with Crippen LogP contribution < -0.4 is 10.1 Å². The first-order valence-corrected chi connectivity index (χ1v) is 12.5. The SMILES string of the molecule is COCC1(C)Nc2c(cnc3[nH]cc(C(=O)c4ccc(Oc5ccccc5)cc4Cl)c23)N=C1SC. The largest absolute Gasteiger partial charge is 0.457 e. The summed E-state index contributed by atoms with van der Waals surface area (Å²) < 4.78 is 11.3. The number of rotatable bonds is 6. The van der Waals surface area contributed by atoms with Gasteiger partial charge < -0.3 is 19.8 Å². The number of hydrogen-bond donors (Lipinski definition) is 2. The lowest BCUT2D eigenvalue weighted by Gasteiger charge is -2.35. The third kappa shape index (κ3) is 4.29. The Morgan fingerprint density at radius 3 is 2.66 bits per heavy atom. The van der Waals surface area contributed by atoms with Crippen LogP contribution in [0, 0.1) is 0 Å². The summed E-state index contributed by atoms with van der Waals surface area (Å²) in [4.78, 5) is 26.1. The maximum atomic E-state index is 13.6. The fraction of sp³-hybridized carbons (Fsp3) is 0.192. The maximum absolute atomic E-state index is 13.6. The predicted molar refractivity (Wildman–Crippen MR) is 142 cm³/mol. The van der Waals surface area contributed by atoms with Crippen LogP contribution in [0.25, 0.3) is 11.0 Å². The number of carbonyl (C=O) groups excluding carboxylic acids is 1. The molecule has 0 spiro atoms. The van der Waals surface area contributed by atoms with Crippen molar-refractivity contribution in [3.63, 3.8) is 0 Å². The van der Waals surface area contributed by atoms with E-state index in [1.165, 1.54) is 0 Å². The molecule has 0 saturated heterocycles. The summed E-state index contributed by atoms with van der Waals surface area (Å²) in [6.45, 7) is 2.44. The summed E-state index contributed by atoms with van der Waals surface area (Å²) in [7, 11) is 1.65. The van der Waals surface area contributed by atoms with E-state index >= 15 is 0 Å². The highest BCUT2D eigenvalue weighted by Gasteiger charge is 2.36. The maximum Gasteiger partial charge on any atom is 0.196 e. The number of aliphatic imine (C=N–C) groups is 1. The van der Waals surface area contributed by atoms with Gasteiger partial charge in [-0.1, -0.05) is 29.8 Å². The number of methoxy groups -OCH3 is 1. The highest BCUT2D eigenvalue weighted by Crippen LogP contribution is 2.42. The third-order valence-electron chi connectivity index (χ3n) is 5.81. The van der Waals surface area contributed by atoms with Gasteiger partial charge in [0.15, 0.2) is 5.78 Å². The number of para-hydroxylation sites is 1. The third-order valence-corrected chi connectivity index (χ3v) is 7.05. The van der Waals surface area contributed by atoms with Crippen LogP contribution in [0.5, 0.6) is 11.5 Å². The first-order chi connectivity index (χ1) is 16.9. The van der Waals surface area contributed by atoms with Crippen LogP contribution >= 0.6 is 23.4 Å². The van der Waals surface area contributed by atoms with E-state index in [0.717, 1.165) is 10.7 Å². The fourth-order valence-corrected chi connectivity index (χ4v) is 5.22. The summed E-state index contributed by atoms with van der Waals surface area (Å²) in [5.74, 6) is 1.01. The fourth-order valence-electron chi connectivity index (χ4n) is 4.21. The Morgan fingerprint density at radius 2 is 1.94 bits per heavy atom. The van der Waals surface area contributed by atoms with Gasteiger partial charge in [-0.05, 0) is 37.4 Å². The average Bonchev–Trinajstić information content (AvgIpc) is 3.29. The van der Waals surface area contributed by atoms with Crippen molar-refractivity contribution in [2.24, 2.45) is 4.99 Å². The Labute approximate surface area is 211 Å². The number of pyridine rings is 1. The van der Waals surface area contributed by atoms with Crippen molar-refractivity contribution in [1.29, 1.82) is 0 Å². The number of anilines is 1. The first-order valence-electron chi connectivity index (χ1n) is 10.9. The van der Waals surface area contributed by atoms with E-state index < -0.39 is 5.54 Å². The minimum atomic E-state index is -0.541. The normalized spacial score (nSPS) is 17.0. The molecule has 5 rings (SSSR count). The molecular formula is C26H23ClN4O3S. The van der Waals surface area contributed by atoms with Crippen molar-refractivity contribution in [3.05, 3.63) is 77.1 Å². The molecule has 2 aromatic heterocycles. The van der Waals surface area contributed by atoms with Crippen LogP contribution in [-0.2, 0) is 4.74 Å². The molecule has 2 aromatic carbocycles. The Morgan fingerprint density at radius 1 is 1.14 bits per heavy atom. The lowest BCUT2D eigenvalue weighted by molar-refractivity contribution is 0.104. The highest BCUT2D eigenvalue weighted by atomic mass is 35.5. The molecule has 1 aliphatic heterocycles. The average molecular weight is 507 g/mol. The number of hydrogen-bond acceptors (Lipinski definition) is 7. The molecule has 7 nitrogen and oxygen atoms in total. The summed E-state index contributed by atoms with van der Waals surface area (Å²) in [6.07, 6.45) is 5.33. The van der Waals surface area contributed by atoms with E-state index in [0.29, 0.717) is 51.0 Å². The molecule has 0 saturated carbocycles. The molecule has 0 bridgehead atoms. The van der Waals surface area contributed by atoms with E-state index in [9.17, 15) is 4.79 Å². The van der Waals surface area contributed by atoms with Crippen LogP contribution in [0.2, 0.25) is 5.02 Å². The molecule has 178 valence electrons. The number of benzene rings is 2. The quantitative estimate of drug-likeness (QED) is 0.292. The van der Waals surface area contributed by atoms with Gasteiger partial charge in [0, 0.05) is 24.9 Å². The Hall–Kier alpha value is -3.33. The second-order valence-electron chi connectivity index (χ2n) is 8.34. The van der Waals surface area contributed by atoms with Crippen molar-refractivity contribution in [2.45, 2.75) is 12.5 Å². The molecule has 9 heteroatoms. The Balaban J connectivity index is 1.54. The second-order valence-corrected chi connectivity index (χ2v) is 9.54. The lowest BCUT2D eigenvalue weighted by atomic mass is 9.98. The highest BCUT2D eigenvalue weighted by molar-refractivity contribution is 8.13. The lowest BCUT2D eigenvalue weighted by Crippen LogP contribution is -2.47. The van der Waals surface area contributed by atoms with E-state index in [-0.39, 0.29) is 5.78 Å². The number of carbonyl (C=O) groups is 1. The molecule has 3 heterocycles. The van der Waals surface area contributed by atoms with Gasteiger partial charge in [-0.3, -0.25) is 4.79 Å². The van der Waals surface area contributed by atoms with Crippen molar-refractivity contribution in [1.82, 2.24) is 9.97 Å². The number of nitrogens with one attached hydrogen (secondary N) is 2. The van der Waals surface area contributed by atoms with Gasteiger partial charge in [-0.25, -0.2) is 9.98 Å². The number of fused-ring (bicyclic) bond motifs is 3. The van der Waals surface area contributed by atoms with Crippen LogP contribution in [0.1, 0.15) is 22.8 Å². The van der Waals surface area contributed by atoms with Crippen molar-refractivity contribution in [2.75, 3.05) is 25.3 Å². The molecular weight excluding hydrogens is 484 g/mol. The monoisotopic (exact) mass is 506 g/mol. The molecule has 1 aliphatic rings. The number of ether oxygens (including phenoxy) is 2. The van der Waals surface area contributed by atoms with Crippen molar-refractivity contribution < 1.29 is 14.3 Å². The first kappa shape index (κ1) is 23.4. The summed E-state index contributed by atoms with van der Waals surface area (Å²) in [5, 5.41) is 5.41. The minimum absolute atomic E-state index is 0.224. The van der Waals surface area contributed by atoms with Crippen LogP contribution in [0.3, 0.4) is 0 Å². The Kier molecular flexibility index (Phi) is 6.27. The smallest absolute Gasteiger partial charge is 0.196 e. The molecule has 35 heavy (non-hydrogen) atoms. The zero-order valence-corrected chi connectivity index (χ0v) is 21.0. The summed E-state index contributed by atoms with van der Waals surface area (Å²) in [5.41, 5.74) is 2.27. The number of halogens is 1. The molecule has 0 fully saturated rings. The Bertz CT molecular complexity index is 1450. The van der Waals surface area contributed by atoms with Gasteiger partial charge in [0.1, 0.15) is 33.4 Å². The number of nitrogens with zero attached hydrogens (tertiary/aromatic N) is 2. The summed E-state index contributed by atoms with van der Waals surface area (Å²) >= 11 is 8.09. The van der Waals surface area contributed by atoms with Crippen LogP contribution in [0.4, 0.5) is 11.4 Å². The van der Waals surface area contributed by atoms with Gasteiger partial charge in [-0.2, -0.15) is 0 Å². The van der Waals surface area contributed by atoms with Crippen LogP contribution in [-0.4, -0.2) is 46.3 Å². The van der Waals surface area contributed by atoms with Gasteiger partial charge in [0.05, 0.1) is 34.5 Å². The second kappa shape index (κ2) is 9.37. The predicted octanol–water partition coefficient (Wildman–Crippen LogP) is 6.46.